The number of para-hydroxylation sites is 3. The topological polar surface area (TPSA) is 40.8 Å². The number of pyridine rings is 1. The van der Waals surface area contributed by atoms with Gasteiger partial charge in [0.25, 0.3) is 6.33 Å². The average molecular weight is 1390 g/mol. The standard InChI is InChI=1S/C86H71N5O.Pt/c1-53-24-22-25-54(2)81(53)57-45-73-67-31-15-13-29-65(67)64-28-12-14-30-66(64)72-44-56(55-42-59(85(6,7)8)48-60(43-55)86(9,10)11)46-78-82(72)89(83(73)79(47-57)90-74-35-19-16-32-68(74)69-33-17-20-36-75(69)90)52-88(78)61-26-23-27-62(50-61)92-63-38-39-71-70-34-18-21-37-76(70)91(77(71)51-63)80-49-58(40-41-87-80)84(3,4)5;/h12-49H,1-11H3;/q-2;/i1D3,2D3;. The molecular weight excluding hydrogens is 1310 g/mol. The predicted octanol–water partition coefficient (Wildman–Crippen LogP) is 21.8. The Kier molecular flexibility index (Phi) is 12.6. The summed E-state index contributed by atoms with van der Waals surface area (Å²) in [5.41, 5.74) is 18.3. The smallest absolute Gasteiger partial charge is 0.268 e. The monoisotopic (exact) mass is 1390 g/mol. The number of nitrogens with zero attached hydrogens (tertiary/aromatic N) is 5. The van der Waals surface area contributed by atoms with Crippen molar-refractivity contribution in [2.45, 2.75) is 92.3 Å². The zero-order chi connectivity index (χ0) is 68.1. The maximum atomic E-state index is 9.07. The molecule has 1 aliphatic rings. The van der Waals surface area contributed by atoms with Gasteiger partial charge in [0.05, 0.1) is 33.4 Å². The number of ether oxygens (including phenoxy) is 1. The molecule has 4 aromatic heterocycles. The summed E-state index contributed by atoms with van der Waals surface area (Å²) in [5.74, 6) is 1.74. The number of aromatic nitrogens is 5. The normalized spacial score (nSPS) is 13.6. The molecule has 0 N–H and O–H groups in total. The number of fused-ring (bicyclic) bond motifs is 13. The van der Waals surface area contributed by atoms with Gasteiger partial charge in [-0.1, -0.05) is 213 Å². The van der Waals surface area contributed by atoms with E-state index in [0.29, 0.717) is 28.4 Å². The Morgan fingerprint density at radius 3 is 1.57 bits per heavy atom. The second-order valence-corrected chi connectivity index (χ2v) is 27.6. The van der Waals surface area contributed by atoms with Crippen LogP contribution in [0.25, 0.3) is 133 Å². The summed E-state index contributed by atoms with van der Waals surface area (Å²) in [7, 11) is 0. The van der Waals surface area contributed by atoms with Gasteiger partial charge in [0.1, 0.15) is 5.82 Å². The molecule has 0 aliphatic carbocycles. The summed E-state index contributed by atoms with van der Waals surface area (Å²) in [6.45, 7) is 14.9. The van der Waals surface area contributed by atoms with E-state index in [9.17, 15) is 0 Å². The van der Waals surface area contributed by atoms with Crippen molar-refractivity contribution < 1.29 is 38.6 Å². The van der Waals surface area contributed by atoms with Gasteiger partial charge in [-0.15, -0.1) is 29.7 Å². The van der Waals surface area contributed by atoms with Crippen molar-refractivity contribution in [3.05, 3.63) is 277 Å². The number of rotatable bonds is 7. The summed E-state index contributed by atoms with van der Waals surface area (Å²) >= 11 is 0. The van der Waals surface area contributed by atoms with E-state index in [2.05, 4.69) is 239 Å². The summed E-state index contributed by atoms with van der Waals surface area (Å²) < 4.78 is 70.1. The molecule has 15 aromatic rings. The third-order valence-electron chi connectivity index (χ3n) is 18.6. The molecule has 5 heterocycles. The van der Waals surface area contributed by atoms with E-state index < -0.39 is 13.7 Å². The molecule has 0 amide bonds. The molecule has 0 saturated carbocycles. The number of aryl methyl sites for hydroxylation is 2. The first-order valence-electron chi connectivity index (χ1n) is 34.6. The Bertz CT molecular complexity index is 5670. The quantitative estimate of drug-likeness (QED) is 0.118. The molecular formula is C86H71N5OPt-2. The van der Waals surface area contributed by atoms with Crippen molar-refractivity contribution in [2.75, 3.05) is 0 Å². The van der Waals surface area contributed by atoms with Crippen LogP contribution in [0.1, 0.15) is 98.4 Å². The molecule has 1 aliphatic heterocycles. The average Bonchev–Trinajstić information content (AvgIpc) is 1.59. The molecule has 0 atom stereocenters. The van der Waals surface area contributed by atoms with Gasteiger partial charge < -0.3 is 18.4 Å². The Hall–Kier alpha value is -9.87. The van der Waals surface area contributed by atoms with Gasteiger partial charge in [0.15, 0.2) is 0 Å². The van der Waals surface area contributed by atoms with E-state index in [1.54, 1.807) is 18.2 Å². The maximum Gasteiger partial charge on any atom is 0.268 e. The fourth-order valence-corrected chi connectivity index (χ4v) is 13.9. The van der Waals surface area contributed by atoms with Crippen molar-refractivity contribution in [2.24, 2.45) is 0 Å². The number of hydrogen-bond acceptors (Lipinski definition) is 2. The van der Waals surface area contributed by atoms with Gasteiger partial charge in [0, 0.05) is 63.3 Å². The second-order valence-electron chi connectivity index (χ2n) is 27.6. The fourth-order valence-electron chi connectivity index (χ4n) is 13.9. The molecule has 0 saturated heterocycles. The van der Waals surface area contributed by atoms with Crippen LogP contribution in [-0.4, -0.2) is 18.7 Å². The zero-order valence-electron chi connectivity index (χ0n) is 59.4. The van der Waals surface area contributed by atoms with Gasteiger partial charge in [-0.05, 0) is 173 Å². The van der Waals surface area contributed by atoms with Crippen molar-refractivity contribution in [1.82, 2.24) is 18.7 Å². The van der Waals surface area contributed by atoms with Gasteiger partial charge in [-0.3, -0.25) is 4.57 Å². The van der Waals surface area contributed by atoms with E-state index in [1.807, 2.05) is 72.9 Å². The molecule has 0 spiro atoms. The third-order valence-corrected chi connectivity index (χ3v) is 18.6. The minimum Gasteiger partial charge on any atom is -0.510 e. The molecule has 0 unspecified atom stereocenters. The van der Waals surface area contributed by atoms with Crippen LogP contribution in [0.5, 0.6) is 11.5 Å². The Balaban J connectivity index is 0.00000798. The van der Waals surface area contributed by atoms with Gasteiger partial charge in [-0.25, -0.2) is 4.98 Å². The van der Waals surface area contributed by atoms with Crippen LogP contribution < -0.4 is 9.30 Å². The Morgan fingerprint density at radius 1 is 0.430 bits per heavy atom. The maximum absolute atomic E-state index is 9.07. The summed E-state index contributed by atoms with van der Waals surface area (Å²) in [6, 6.07) is 83.9. The first-order valence-corrected chi connectivity index (χ1v) is 31.6. The molecule has 0 fully saturated rings. The van der Waals surface area contributed by atoms with Crippen molar-refractivity contribution in [3.8, 4) is 90.0 Å². The summed E-state index contributed by atoms with van der Waals surface area (Å²) in [4.78, 5) is 4.94. The van der Waals surface area contributed by atoms with Crippen molar-refractivity contribution >= 4 is 54.6 Å². The minimum absolute atomic E-state index is 0. The number of imidazole rings is 1. The molecule has 6 nitrogen and oxygen atoms in total. The third kappa shape index (κ3) is 9.96. The van der Waals surface area contributed by atoms with Crippen LogP contribution in [0.2, 0.25) is 0 Å². The molecule has 0 radical (unpaired) electrons. The predicted molar refractivity (Wildman–Crippen MR) is 381 cm³/mol. The van der Waals surface area contributed by atoms with E-state index in [-0.39, 0.29) is 54.0 Å². The van der Waals surface area contributed by atoms with Crippen molar-refractivity contribution in [1.29, 1.82) is 0 Å². The van der Waals surface area contributed by atoms with Crippen LogP contribution in [0.15, 0.2) is 231 Å². The largest absolute Gasteiger partial charge is 0.510 e. The Morgan fingerprint density at radius 2 is 0.957 bits per heavy atom. The molecule has 93 heavy (non-hydrogen) atoms. The van der Waals surface area contributed by atoms with Crippen LogP contribution >= 0.6 is 0 Å². The van der Waals surface area contributed by atoms with Crippen LogP contribution in [0.4, 0.5) is 0 Å². The SMILES string of the molecule is [2H]C([2H])([2H])c1cccc(C([2H])([2H])[2H])c1-c1cc2c(c(-n3c4ccccc4c4ccccc43)c1)-[n+]1[c-]n(-c3[c-]c(Oc4[c-]c5c(cc4)c4ccccc4n5-c4cc(C(C)(C)C)ccn4)ccc3)c3cc(-c4cc(C(C)(C)C)cc(C(C)(C)C)c4)cc(c31)-c1ccccc1-c1ccccc1-2.[Pt]. The van der Waals surface area contributed by atoms with E-state index in [1.165, 1.54) is 16.7 Å². The zero-order valence-corrected chi connectivity index (χ0v) is 55.7. The molecule has 16 rings (SSSR count). The molecule has 11 aromatic carbocycles. The molecule has 458 valence electrons. The summed E-state index contributed by atoms with van der Waals surface area (Å²) in [6.07, 6.45) is 5.93. The van der Waals surface area contributed by atoms with E-state index in [0.717, 1.165) is 111 Å². The molecule has 7 heteroatoms. The van der Waals surface area contributed by atoms with Crippen molar-refractivity contribution in [3.63, 3.8) is 0 Å². The Labute approximate surface area is 567 Å². The summed E-state index contributed by atoms with van der Waals surface area (Å²) in [5, 5.41) is 4.11. The van der Waals surface area contributed by atoms with Gasteiger partial charge in [0.2, 0.25) is 0 Å². The van der Waals surface area contributed by atoms with Crippen LogP contribution in [0, 0.1) is 32.2 Å². The number of hydrogen-bond donors (Lipinski definition) is 0. The second kappa shape index (κ2) is 22.2. The van der Waals surface area contributed by atoms with Crippen LogP contribution in [0.3, 0.4) is 0 Å². The van der Waals surface area contributed by atoms with E-state index in [4.69, 9.17) is 17.9 Å². The molecule has 0 bridgehead atoms. The number of benzene rings is 11. The fraction of sp³-hybridized carbons (Fsp3) is 0.163. The van der Waals surface area contributed by atoms with Gasteiger partial charge >= 0.3 is 0 Å². The first-order chi connectivity index (χ1) is 46.8. The minimum atomic E-state index is -2.69. The van der Waals surface area contributed by atoms with Gasteiger partial charge in [-0.2, -0.15) is 18.2 Å². The van der Waals surface area contributed by atoms with E-state index >= 15 is 0 Å². The first kappa shape index (κ1) is 52.7. The van der Waals surface area contributed by atoms with Crippen LogP contribution in [-0.2, 0) is 37.3 Å².